The zero-order chi connectivity index (χ0) is 13.8. The van der Waals surface area contributed by atoms with E-state index in [2.05, 4.69) is 10.2 Å². The molecule has 0 aliphatic heterocycles. The van der Waals surface area contributed by atoms with Crippen molar-refractivity contribution >= 4 is 17.7 Å². The maximum absolute atomic E-state index is 12.4. The van der Waals surface area contributed by atoms with E-state index in [1.165, 1.54) is 31.0 Å². The maximum atomic E-state index is 12.4. The van der Waals surface area contributed by atoms with Gasteiger partial charge in [-0.05, 0) is 19.8 Å². The SMILES string of the molecule is CC(Sc1nncn1C)C(=O)N(C)C1CCCCC1. The first-order valence-corrected chi connectivity index (χ1v) is 7.75. The first-order chi connectivity index (χ1) is 9.09. The molecule has 6 heteroatoms. The number of carbonyl (C=O) groups excluding carboxylic acids is 1. The summed E-state index contributed by atoms with van der Waals surface area (Å²) in [7, 11) is 3.83. The van der Waals surface area contributed by atoms with Gasteiger partial charge in [0.05, 0.1) is 5.25 Å². The van der Waals surface area contributed by atoms with Crippen LogP contribution in [0.2, 0.25) is 0 Å². The van der Waals surface area contributed by atoms with Gasteiger partial charge >= 0.3 is 0 Å². The van der Waals surface area contributed by atoms with Gasteiger partial charge in [0.2, 0.25) is 5.91 Å². The molecular weight excluding hydrogens is 260 g/mol. The summed E-state index contributed by atoms with van der Waals surface area (Å²) in [5.74, 6) is 0.194. The molecule has 2 rings (SSSR count). The second kappa shape index (κ2) is 6.41. The van der Waals surface area contributed by atoms with Crippen LogP contribution < -0.4 is 0 Å². The van der Waals surface area contributed by atoms with Gasteiger partial charge in [-0.1, -0.05) is 31.0 Å². The van der Waals surface area contributed by atoms with Gasteiger partial charge in [0.1, 0.15) is 6.33 Å². The molecule has 1 unspecified atom stereocenters. The number of hydrogen-bond donors (Lipinski definition) is 0. The molecular formula is C13H22N4OS. The Morgan fingerprint density at radius 2 is 2.16 bits per heavy atom. The summed E-state index contributed by atoms with van der Waals surface area (Å²) in [6, 6.07) is 0.420. The van der Waals surface area contributed by atoms with E-state index in [0.29, 0.717) is 6.04 Å². The van der Waals surface area contributed by atoms with Crippen LogP contribution in [0.1, 0.15) is 39.0 Å². The van der Waals surface area contributed by atoms with Crippen LogP contribution in [0, 0.1) is 0 Å². The fraction of sp³-hybridized carbons (Fsp3) is 0.769. The Hall–Kier alpha value is -1.04. The molecule has 0 radical (unpaired) electrons. The summed E-state index contributed by atoms with van der Waals surface area (Å²) in [5, 5.41) is 8.53. The smallest absolute Gasteiger partial charge is 0.235 e. The van der Waals surface area contributed by atoms with Crippen molar-refractivity contribution in [1.82, 2.24) is 19.7 Å². The standard InChI is InChI=1S/C13H22N4OS/c1-10(19-13-15-14-9-16(13)2)12(18)17(3)11-7-5-4-6-8-11/h9-11H,4-8H2,1-3H3. The molecule has 1 aliphatic carbocycles. The minimum Gasteiger partial charge on any atom is -0.342 e. The van der Waals surface area contributed by atoms with Crippen LogP contribution in [0.15, 0.2) is 11.5 Å². The van der Waals surface area contributed by atoms with Crippen LogP contribution in [-0.4, -0.2) is 43.9 Å². The third-order valence-corrected chi connectivity index (χ3v) is 4.91. The molecule has 0 bridgehead atoms. The fourth-order valence-electron chi connectivity index (χ4n) is 2.52. The quantitative estimate of drug-likeness (QED) is 0.794. The predicted octanol–water partition coefficient (Wildman–Crippen LogP) is 2.09. The lowest BCUT2D eigenvalue weighted by molar-refractivity contribution is -0.131. The number of thioether (sulfide) groups is 1. The molecule has 1 aromatic rings. The van der Waals surface area contributed by atoms with Gasteiger partial charge in [0.25, 0.3) is 0 Å². The Bertz CT molecular complexity index is 428. The van der Waals surface area contributed by atoms with Crippen LogP contribution in [0.25, 0.3) is 0 Å². The molecule has 1 atom stereocenters. The summed E-state index contributed by atoms with van der Waals surface area (Å²) >= 11 is 1.48. The Morgan fingerprint density at radius 3 is 2.74 bits per heavy atom. The molecule has 1 saturated carbocycles. The van der Waals surface area contributed by atoms with Crippen molar-refractivity contribution in [2.45, 2.75) is 55.5 Å². The van der Waals surface area contributed by atoms with Crippen LogP contribution in [0.4, 0.5) is 0 Å². The van der Waals surface area contributed by atoms with E-state index in [4.69, 9.17) is 0 Å². The number of aromatic nitrogens is 3. The van der Waals surface area contributed by atoms with Crippen LogP contribution in [0.5, 0.6) is 0 Å². The lowest BCUT2D eigenvalue weighted by Crippen LogP contribution is -2.42. The van der Waals surface area contributed by atoms with Gasteiger partial charge in [-0.25, -0.2) is 0 Å². The highest BCUT2D eigenvalue weighted by molar-refractivity contribution is 8.00. The normalized spacial score (nSPS) is 18.3. The lowest BCUT2D eigenvalue weighted by atomic mass is 9.94. The molecule has 1 aliphatic rings. The number of amides is 1. The number of nitrogens with zero attached hydrogens (tertiary/aromatic N) is 4. The molecule has 1 amide bonds. The van der Waals surface area contributed by atoms with E-state index < -0.39 is 0 Å². The van der Waals surface area contributed by atoms with Gasteiger partial charge in [-0.15, -0.1) is 10.2 Å². The van der Waals surface area contributed by atoms with Crippen molar-refractivity contribution in [3.8, 4) is 0 Å². The van der Waals surface area contributed by atoms with Gasteiger partial charge in [-0.2, -0.15) is 0 Å². The number of rotatable bonds is 4. The average molecular weight is 282 g/mol. The first kappa shape index (κ1) is 14.4. The van der Waals surface area contributed by atoms with E-state index in [1.807, 2.05) is 30.5 Å². The largest absolute Gasteiger partial charge is 0.342 e. The molecule has 0 spiro atoms. The molecule has 0 N–H and O–H groups in total. The van der Waals surface area contributed by atoms with Crippen LogP contribution in [-0.2, 0) is 11.8 Å². The Balaban J connectivity index is 1.92. The van der Waals surface area contributed by atoms with Crippen molar-refractivity contribution in [1.29, 1.82) is 0 Å². The number of hydrogen-bond acceptors (Lipinski definition) is 4. The summed E-state index contributed by atoms with van der Waals surface area (Å²) in [4.78, 5) is 14.4. The Kier molecular flexibility index (Phi) is 4.85. The van der Waals surface area contributed by atoms with Crippen LogP contribution in [0.3, 0.4) is 0 Å². The van der Waals surface area contributed by atoms with Crippen molar-refractivity contribution in [3.05, 3.63) is 6.33 Å². The van der Waals surface area contributed by atoms with E-state index in [0.717, 1.165) is 18.0 Å². The molecule has 19 heavy (non-hydrogen) atoms. The summed E-state index contributed by atoms with van der Waals surface area (Å²) in [6.07, 6.45) is 7.74. The second-order valence-corrected chi connectivity index (χ2v) is 6.53. The molecule has 0 aromatic carbocycles. The van der Waals surface area contributed by atoms with Gasteiger partial charge in [0.15, 0.2) is 5.16 Å². The van der Waals surface area contributed by atoms with Crippen molar-refractivity contribution < 1.29 is 4.79 Å². The van der Waals surface area contributed by atoms with Gasteiger partial charge < -0.3 is 9.47 Å². The van der Waals surface area contributed by atoms with Gasteiger partial charge in [0, 0.05) is 20.1 Å². The minimum absolute atomic E-state index is 0.116. The van der Waals surface area contributed by atoms with E-state index in [1.54, 1.807) is 6.33 Å². The highest BCUT2D eigenvalue weighted by Crippen LogP contribution is 2.26. The Labute approximate surface area is 118 Å². The summed E-state index contributed by atoms with van der Waals surface area (Å²) in [5.41, 5.74) is 0. The van der Waals surface area contributed by atoms with Gasteiger partial charge in [-0.3, -0.25) is 4.79 Å². The predicted molar refractivity (Wildman–Crippen MR) is 76.0 cm³/mol. The number of aryl methyl sites for hydroxylation is 1. The van der Waals surface area contributed by atoms with E-state index in [9.17, 15) is 4.79 Å². The third-order valence-electron chi connectivity index (χ3n) is 3.77. The van der Waals surface area contributed by atoms with Crippen LogP contribution >= 0.6 is 11.8 Å². The minimum atomic E-state index is -0.116. The molecule has 106 valence electrons. The molecule has 1 heterocycles. The zero-order valence-electron chi connectivity index (χ0n) is 11.9. The highest BCUT2D eigenvalue weighted by Gasteiger charge is 2.26. The third kappa shape index (κ3) is 3.49. The summed E-state index contributed by atoms with van der Waals surface area (Å²) in [6.45, 7) is 1.95. The average Bonchev–Trinajstić information content (AvgIpc) is 2.83. The maximum Gasteiger partial charge on any atom is 0.235 e. The van der Waals surface area contributed by atoms with E-state index in [-0.39, 0.29) is 11.2 Å². The number of carbonyl (C=O) groups is 1. The van der Waals surface area contributed by atoms with Crippen molar-refractivity contribution in [2.24, 2.45) is 7.05 Å². The first-order valence-electron chi connectivity index (χ1n) is 6.87. The lowest BCUT2D eigenvalue weighted by Gasteiger charge is -2.32. The second-order valence-electron chi connectivity index (χ2n) is 5.23. The van der Waals surface area contributed by atoms with Crippen molar-refractivity contribution in [3.63, 3.8) is 0 Å². The topological polar surface area (TPSA) is 51.0 Å². The molecule has 5 nitrogen and oxygen atoms in total. The fourth-order valence-corrected chi connectivity index (χ4v) is 3.41. The van der Waals surface area contributed by atoms with E-state index >= 15 is 0 Å². The molecule has 0 saturated heterocycles. The van der Waals surface area contributed by atoms with Crippen molar-refractivity contribution in [2.75, 3.05) is 7.05 Å². The Morgan fingerprint density at radius 1 is 1.47 bits per heavy atom. The molecule has 1 aromatic heterocycles. The monoisotopic (exact) mass is 282 g/mol. The molecule has 1 fully saturated rings. The zero-order valence-corrected chi connectivity index (χ0v) is 12.7. The highest BCUT2D eigenvalue weighted by atomic mass is 32.2. The summed E-state index contributed by atoms with van der Waals surface area (Å²) < 4.78 is 1.84.